The van der Waals surface area contributed by atoms with Gasteiger partial charge in [-0.25, -0.2) is 9.97 Å². The smallest absolute Gasteiger partial charge is 0.160 e. The van der Waals surface area contributed by atoms with E-state index in [1.807, 2.05) is 24.3 Å². The van der Waals surface area contributed by atoms with Crippen LogP contribution in [-0.4, -0.2) is 14.5 Å². The maximum absolute atomic E-state index is 5.43. The maximum atomic E-state index is 5.43. The molecule has 0 saturated heterocycles. The van der Waals surface area contributed by atoms with E-state index in [1.54, 1.807) is 0 Å². The first kappa shape index (κ1) is 37.5. The molecule has 5 heteroatoms. The molecule has 5 nitrogen and oxygen atoms in total. The molecule has 0 saturated carbocycles. The molecule has 0 spiro atoms. The molecule has 2 aromatic heterocycles. The van der Waals surface area contributed by atoms with Crippen LogP contribution in [0.25, 0.3) is 61.4 Å². The van der Waals surface area contributed by atoms with E-state index >= 15 is 0 Å². The molecule has 0 aliphatic carbocycles. The second-order valence-corrected chi connectivity index (χ2v) is 15.4. The number of anilines is 6. The zero-order valence-electron chi connectivity index (χ0n) is 34.4. The third-order valence-corrected chi connectivity index (χ3v) is 11.5. The second-order valence-electron chi connectivity index (χ2n) is 15.4. The molecule has 2 heterocycles. The minimum absolute atomic E-state index is 0.660. The van der Waals surface area contributed by atoms with E-state index < -0.39 is 0 Å². The van der Waals surface area contributed by atoms with E-state index in [9.17, 15) is 0 Å². The first-order valence-corrected chi connectivity index (χ1v) is 21.3. The highest BCUT2D eigenvalue weighted by Crippen LogP contribution is 2.50. The number of fused-ring (bicyclic) bond motifs is 3. The fraction of sp³-hybridized carbons (Fsp3) is 0. The van der Waals surface area contributed by atoms with Crippen molar-refractivity contribution in [2.45, 2.75) is 0 Å². The lowest BCUT2D eigenvalue weighted by atomic mass is 10.0. The SMILES string of the molecule is c1ccc(-c2cc(-c3cc(N(c4ccccc4)c4ccccc4)c(-n4c5ccccc5c5ccccc54)c(N(c4ccccc4)c4ccccc4)c3)nc(-c3ccccc3)n2)cc1. The Labute approximate surface area is 367 Å². The number of nitrogens with zero attached hydrogens (tertiary/aromatic N) is 5. The van der Waals surface area contributed by atoms with E-state index in [1.165, 1.54) is 10.8 Å². The Bertz CT molecular complexity index is 3020. The van der Waals surface area contributed by atoms with Crippen LogP contribution in [0, 0.1) is 0 Å². The molecule has 0 unspecified atom stereocenters. The minimum Gasteiger partial charge on any atom is -0.308 e. The van der Waals surface area contributed by atoms with Crippen LogP contribution in [0.5, 0.6) is 0 Å². The molecule has 11 aromatic rings. The molecule has 0 N–H and O–H groups in total. The van der Waals surface area contributed by atoms with E-state index in [2.05, 4.69) is 239 Å². The summed E-state index contributed by atoms with van der Waals surface area (Å²) < 4.78 is 2.46. The normalized spacial score (nSPS) is 11.2. The molecule has 9 aromatic carbocycles. The van der Waals surface area contributed by atoms with Gasteiger partial charge in [-0.2, -0.15) is 0 Å². The molecule has 0 aliphatic rings. The highest BCUT2D eigenvalue weighted by molar-refractivity contribution is 6.11. The Morgan fingerprint density at radius 2 is 0.635 bits per heavy atom. The van der Waals surface area contributed by atoms with Gasteiger partial charge in [0.05, 0.1) is 39.5 Å². The van der Waals surface area contributed by atoms with Gasteiger partial charge in [-0.3, -0.25) is 0 Å². The van der Waals surface area contributed by atoms with Crippen molar-refractivity contribution in [3.63, 3.8) is 0 Å². The predicted octanol–water partition coefficient (Wildman–Crippen LogP) is 15.5. The van der Waals surface area contributed by atoms with Crippen LogP contribution < -0.4 is 9.80 Å². The largest absolute Gasteiger partial charge is 0.308 e. The van der Waals surface area contributed by atoms with Crippen molar-refractivity contribution < 1.29 is 0 Å². The number of para-hydroxylation sites is 6. The van der Waals surface area contributed by atoms with Crippen molar-refractivity contribution in [2.24, 2.45) is 0 Å². The van der Waals surface area contributed by atoms with Gasteiger partial charge in [0.1, 0.15) is 0 Å². The molecule has 298 valence electrons. The van der Waals surface area contributed by atoms with Crippen LogP contribution in [0.15, 0.2) is 249 Å². The minimum atomic E-state index is 0.660. The van der Waals surface area contributed by atoms with Gasteiger partial charge in [-0.05, 0) is 78.9 Å². The van der Waals surface area contributed by atoms with Gasteiger partial charge in [0.2, 0.25) is 0 Å². The molecular formula is C58H41N5. The monoisotopic (exact) mass is 807 g/mol. The Morgan fingerprint density at radius 1 is 0.302 bits per heavy atom. The van der Waals surface area contributed by atoms with Crippen LogP contribution in [0.1, 0.15) is 0 Å². The van der Waals surface area contributed by atoms with Crippen molar-refractivity contribution in [2.75, 3.05) is 9.80 Å². The Morgan fingerprint density at radius 3 is 1.05 bits per heavy atom. The zero-order valence-corrected chi connectivity index (χ0v) is 34.4. The van der Waals surface area contributed by atoms with E-state index in [-0.39, 0.29) is 0 Å². The number of rotatable bonds is 10. The number of hydrogen-bond acceptors (Lipinski definition) is 4. The highest BCUT2D eigenvalue weighted by Gasteiger charge is 2.29. The van der Waals surface area contributed by atoms with Crippen molar-refractivity contribution in [1.82, 2.24) is 14.5 Å². The van der Waals surface area contributed by atoms with Gasteiger partial charge in [-0.15, -0.1) is 0 Å². The lowest BCUT2D eigenvalue weighted by molar-refractivity contribution is 1.12. The number of aromatic nitrogens is 3. The van der Waals surface area contributed by atoms with E-state index in [0.29, 0.717) is 5.82 Å². The molecule has 63 heavy (non-hydrogen) atoms. The first-order valence-electron chi connectivity index (χ1n) is 21.3. The maximum Gasteiger partial charge on any atom is 0.160 e. The third-order valence-electron chi connectivity index (χ3n) is 11.5. The molecule has 0 atom stereocenters. The first-order chi connectivity index (χ1) is 31.3. The average molecular weight is 808 g/mol. The molecular weight excluding hydrogens is 767 g/mol. The molecule has 0 amide bonds. The lowest BCUT2D eigenvalue weighted by Gasteiger charge is -2.34. The summed E-state index contributed by atoms with van der Waals surface area (Å²) in [5.41, 5.74) is 13.8. The molecule has 0 fully saturated rings. The third kappa shape index (κ3) is 7.07. The summed E-state index contributed by atoms with van der Waals surface area (Å²) in [6.45, 7) is 0. The second kappa shape index (κ2) is 16.5. The van der Waals surface area contributed by atoms with Gasteiger partial charge in [-0.1, -0.05) is 170 Å². The Balaban J connectivity index is 1.33. The summed E-state index contributed by atoms with van der Waals surface area (Å²) in [5.74, 6) is 0.660. The zero-order chi connectivity index (χ0) is 42.0. The van der Waals surface area contributed by atoms with Crippen molar-refractivity contribution in [3.05, 3.63) is 249 Å². The topological polar surface area (TPSA) is 37.2 Å². The van der Waals surface area contributed by atoms with E-state index in [4.69, 9.17) is 9.97 Å². The van der Waals surface area contributed by atoms with Gasteiger partial charge in [0, 0.05) is 50.2 Å². The van der Waals surface area contributed by atoms with Gasteiger partial charge >= 0.3 is 0 Å². The number of benzene rings is 9. The fourth-order valence-electron chi connectivity index (χ4n) is 8.72. The van der Waals surface area contributed by atoms with Crippen molar-refractivity contribution in [3.8, 4) is 39.6 Å². The average Bonchev–Trinajstić information content (AvgIpc) is 3.70. The van der Waals surface area contributed by atoms with Crippen LogP contribution in [0.3, 0.4) is 0 Å². The summed E-state index contributed by atoms with van der Waals surface area (Å²) in [6, 6.07) is 87.6. The van der Waals surface area contributed by atoms with Gasteiger partial charge in [0.25, 0.3) is 0 Å². The lowest BCUT2D eigenvalue weighted by Crippen LogP contribution is -2.18. The molecule has 0 aliphatic heterocycles. The van der Waals surface area contributed by atoms with Crippen LogP contribution in [0.4, 0.5) is 34.1 Å². The van der Waals surface area contributed by atoms with E-state index in [0.717, 1.165) is 78.9 Å². The fourth-order valence-corrected chi connectivity index (χ4v) is 8.72. The predicted molar refractivity (Wildman–Crippen MR) is 262 cm³/mol. The Kier molecular flexibility index (Phi) is 9.80. The Hall–Kier alpha value is -8.54. The standard InChI is InChI=1S/C58H41N5/c1-7-23-42(24-8-1)51-41-52(60-58(59-51)43-25-9-2-10-26-43)44-39-55(61(45-27-11-3-12-28-45)46-29-13-4-14-30-46)57(63-53-37-21-19-35-49(53)50-36-20-22-38-54(50)63)56(40-44)62(47-31-15-5-16-32-47)48-33-17-6-18-34-48/h1-41H. The summed E-state index contributed by atoms with van der Waals surface area (Å²) in [6.07, 6.45) is 0. The summed E-state index contributed by atoms with van der Waals surface area (Å²) >= 11 is 0. The molecule has 11 rings (SSSR count). The summed E-state index contributed by atoms with van der Waals surface area (Å²) in [5, 5.41) is 2.36. The molecule has 0 bridgehead atoms. The number of hydrogen-bond donors (Lipinski definition) is 0. The summed E-state index contributed by atoms with van der Waals surface area (Å²) in [4.78, 5) is 15.4. The van der Waals surface area contributed by atoms with Crippen LogP contribution >= 0.6 is 0 Å². The van der Waals surface area contributed by atoms with Gasteiger partial charge < -0.3 is 14.4 Å². The van der Waals surface area contributed by atoms with Crippen molar-refractivity contribution in [1.29, 1.82) is 0 Å². The summed E-state index contributed by atoms with van der Waals surface area (Å²) in [7, 11) is 0. The highest BCUT2D eigenvalue weighted by atomic mass is 15.2. The van der Waals surface area contributed by atoms with Gasteiger partial charge in [0.15, 0.2) is 5.82 Å². The van der Waals surface area contributed by atoms with Crippen molar-refractivity contribution >= 4 is 55.9 Å². The van der Waals surface area contributed by atoms with Crippen LogP contribution in [0.2, 0.25) is 0 Å². The van der Waals surface area contributed by atoms with Crippen LogP contribution in [-0.2, 0) is 0 Å². The molecule has 0 radical (unpaired) electrons. The quantitative estimate of drug-likeness (QED) is 0.138.